The number of alkyl halides is 1. The molecule has 1 aliphatic rings. The Bertz CT molecular complexity index is 376. The van der Waals surface area contributed by atoms with Crippen molar-refractivity contribution in [2.75, 3.05) is 13.3 Å². The third-order valence-corrected chi connectivity index (χ3v) is 4.30. The number of nitrogens with one attached hydrogen (secondary N) is 1. The standard InChI is InChI=1S/C14H22ClNO2/c1-5-12-7-8-13(16-9-18-6-2)14(15,10(12)3)11(4)17/h7-8,10,16H,5-6,9H2,1-4H3. The molecule has 0 aromatic carbocycles. The second-order valence-electron chi connectivity index (χ2n) is 4.48. The lowest BCUT2D eigenvalue weighted by atomic mass is 9.77. The maximum absolute atomic E-state index is 12.0. The summed E-state index contributed by atoms with van der Waals surface area (Å²) >= 11 is 6.60. The van der Waals surface area contributed by atoms with Gasteiger partial charge in [0.05, 0.1) is 0 Å². The lowest BCUT2D eigenvalue weighted by molar-refractivity contribution is -0.119. The second-order valence-corrected chi connectivity index (χ2v) is 5.08. The Morgan fingerprint density at radius 2 is 2.17 bits per heavy atom. The van der Waals surface area contributed by atoms with E-state index < -0.39 is 4.87 Å². The van der Waals surface area contributed by atoms with Crippen molar-refractivity contribution in [3.8, 4) is 0 Å². The molecule has 0 aromatic rings. The number of hydrogen-bond acceptors (Lipinski definition) is 3. The number of rotatable bonds is 6. The van der Waals surface area contributed by atoms with Crippen molar-refractivity contribution in [3.05, 3.63) is 23.4 Å². The van der Waals surface area contributed by atoms with Gasteiger partial charge in [-0.25, -0.2) is 0 Å². The zero-order valence-electron chi connectivity index (χ0n) is 11.5. The fraction of sp³-hybridized carbons (Fsp3) is 0.643. The molecule has 4 heteroatoms. The maximum Gasteiger partial charge on any atom is 0.157 e. The number of allylic oxidation sites excluding steroid dienone is 4. The molecular weight excluding hydrogens is 250 g/mol. The Kier molecular flexibility index (Phi) is 5.42. The summed E-state index contributed by atoms with van der Waals surface area (Å²) in [7, 11) is 0. The van der Waals surface area contributed by atoms with Gasteiger partial charge in [-0.15, -0.1) is 11.6 Å². The maximum atomic E-state index is 12.0. The summed E-state index contributed by atoms with van der Waals surface area (Å²) in [6.45, 7) is 8.53. The van der Waals surface area contributed by atoms with E-state index in [0.717, 1.165) is 12.1 Å². The van der Waals surface area contributed by atoms with Crippen LogP contribution in [0.15, 0.2) is 23.4 Å². The van der Waals surface area contributed by atoms with Crippen LogP contribution in [0.5, 0.6) is 0 Å². The fourth-order valence-electron chi connectivity index (χ4n) is 2.28. The van der Waals surface area contributed by atoms with Crippen LogP contribution in [-0.2, 0) is 9.53 Å². The van der Waals surface area contributed by atoms with Crippen LogP contribution < -0.4 is 5.32 Å². The second kappa shape index (κ2) is 6.39. The van der Waals surface area contributed by atoms with E-state index in [9.17, 15) is 4.79 Å². The van der Waals surface area contributed by atoms with Crippen LogP contribution in [0, 0.1) is 5.92 Å². The lowest BCUT2D eigenvalue weighted by Gasteiger charge is -2.37. The first kappa shape index (κ1) is 15.3. The molecule has 0 bridgehead atoms. The molecule has 1 N–H and O–H groups in total. The molecule has 0 saturated carbocycles. The Balaban J connectivity index is 2.99. The van der Waals surface area contributed by atoms with Gasteiger partial charge >= 0.3 is 0 Å². The average molecular weight is 272 g/mol. The lowest BCUT2D eigenvalue weighted by Crippen LogP contribution is -2.47. The van der Waals surface area contributed by atoms with Crippen LogP contribution in [0.1, 0.15) is 34.1 Å². The number of Topliss-reactive ketones (excluding diaryl/α,β-unsaturated/α-hetero) is 1. The van der Waals surface area contributed by atoms with Crippen LogP contribution in [-0.4, -0.2) is 24.0 Å². The van der Waals surface area contributed by atoms with E-state index in [4.69, 9.17) is 16.3 Å². The van der Waals surface area contributed by atoms with Gasteiger partial charge in [-0.05, 0) is 26.3 Å². The molecule has 0 spiro atoms. The molecular formula is C14H22ClNO2. The molecule has 3 nitrogen and oxygen atoms in total. The van der Waals surface area contributed by atoms with Crippen LogP contribution in [0.25, 0.3) is 0 Å². The largest absolute Gasteiger partial charge is 0.364 e. The van der Waals surface area contributed by atoms with E-state index in [2.05, 4.69) is 12.2 Å². The van der Waals surface area contributed by atoms with Crippen LogP contribution in [0.4, 0.5) is 0 Å². The molecule has 1 rings (SSSR count). The summed E-state index contributed by atoms with van der Waals surface area (Å²) in [5, 5.41) is 3.11. The molecule has 2 unspecified atom stereocenters. The van der Waals surface area contributed by atoms with E-state index in [-0.39, 0.29) is 11.7 Å². The van der Waals surface area contributed by atoms with E-state index >= 15 is 0 Å². The smallest absolute Gasteiger partial charge is 0.157 e. The van der Waals surface area contributed by atoms with Crippen molar-refractivity contribution >= 4 is 17.4 Å². The minimum Gasteiger partial charge on any atom is -0.364 e. The van der Waals surface area contributed by atoms with Gasteiger partial charge < -0.3 is 10.1 Å². The molecule has 0 radical (unpaired) electrons. The Labute approximate surface area is 114 Å². The molecule has 18 heavy (non-hydrogen) atoms. The first-order valence-electron chi connectivity index (χ1n) is 6.41. The van der Waals surface area contributed by atoms with Crippen LogP contribution >= 0.6 is 11.6 Å². The van der Waals surface area contributed by atoms with Crippen molar-refractivity contribution in [2.24, 2.45) is 5.92 Å². The monoisotopic (exact) mass is 271 g/mol. The number of carbonyl (C=O) groups is 1. The third kappa shape index (κ3) is 2.78. The van der Waals surface area contributed by atoms with Gasteiger partial charge in [0.2, 0.25) is 0 Å². The van der Waals surface area contributed by atoms with E-state index in [1.54, 1.807) is 0 Å². The summed E-state index contributed by atoms with van der Waals surface area (Å²) in [6, 6.07) is 0. The highest BCUT2D eigenvalue weighted by Gasteiger charge is 2.45. The molecule has 2 atom stereocenters. The Morgan fingerprint density at radius 1 is 1.50 bits per heavy atom. The minimum absolute atomic E-state index is 0.00390. The summed E-state index contributed by atoms with van der Waals surface area (Å²) in [5.74, 6) is -0.0400. The van der Waals surface area contributed by atoms with Crippen molar-refractivity contribution in [1.82, 2.24) is 5.32 Å². The van der Waals surface area contributed by atoms with E-state index in [1.807, 2.05) is 26.0 Å². The summed E-state index contributed by atoms with van der Waals surface area (Å²) in [4.78, 5) is 11.0. The fourth-order valence-corrected chi connectivity index (χ4v) is 2.55. The SMILES string of the molecule is CCOCNC1=CC=C(CC)C(C)C1(Cl)C(C)=O. The van der Waals surface area contributed by atoms with Gasteiger partial charge in [-0.2, -0.15) is 0 Å². The van der Waals surface area contributed by atoms with Crippen molar-refractivity contribution < 1.29 is 9.53 Å². The molecule has 0 fully saturated rings. The summed E-state index contributed by atoms with van der Waals surface area (Å²) < 4.78 is 5.26. The Morgan fingerprint density at radius 3 is 2.67 bits per heavy atom. The van der Waals surface area contributed by atoms with Gasteiger partial charge in [-0.1, -0.05) is 25.5 Å². The average Bonchev–Trinajstić information content (AvgIpc) is 2.34. The topological polar surface area (TPSA) is 38.3 Å². The van der Waals surface area contributed by atoms with Gasteiger partial charge in [0.1, 0.15) is 11.6 Å². The molecule has 0 amide bonds. The highest BCUT2D eigenvalue weighted by atomic mass is 35.5. The minimum atomic E-state index is -0.989. The predicted octanol–water partition coefficient (Wildman–Crippen LogP) is 3.01. The number of ether oxygens (including phenoxy) is 1. The molecule has 0 aliphatic heterocycles. The first-order chi connectivity index (χ1) is 8.48. The van der Waals surface area contributed by atoms with E-state index in [1.165, 1.54) is 12.5 Å². The highest BCUT2D eigenvalue weighted by molar-refractivity contribution is 6.37. The third-order valence-electron chi connectivity index (χ3n) is 3.50. The van der Waals surface area contributed by atoms with Crippen molar-refractivity contribution in [3.63, 3.8) is 0 Å². The molecule has 102 valence electrons. The number of carbonyl (C=O) groups excluding carboxylic acids is 1. The van der Waals surface area contributed by atoms with Crippen molar-refractivity contribution in [1.29, 1.82) is 0 Å². The van der Waals surface area contributed by atoms with Crippen LogP contribution in [0.2, 0.25) is 0 Å². The number of hydrogen-bond donors (Lipinski definition) is 1. The first-order valence-corrected chi connectivity index (χ1v) is 6.79. The van der Waals surface area contributed by atoms with Gasteiger partial charge in [0.25, 0.3) is 0 Å². The number of ketones is 1. The van der Waals surface area contributed by atoms with Gasteiger partial charge in [0, 0.05) is 18.2 Å². The van der Waals surface area contributed by atoms with E-state index in [0.29, 0.717) is 13.3 Å². The normalized spacial score (nSPS) is 27.5. The van der Waals surface area contributed by atoms with Gasteiger partial charge in [0.15, 0.2) is 5.78 Å². The molecule has 0 heterocycles. The van der Waals surface area contributed by atoms with Gasteiger partial charge in [-0.3, -0.25) is 4.79 Å². The molecule has 0 aromatic heterocycles. The zero-order chi connectivity index (χ0) is 13.8. The summed E-state index contributed by atoms with van der Waals surface area (Å²) in [6.07, 6.45) is 4.84. The molecule has 1 aliphatic carbocycles. The quantitative estimate of drug-likeness (QED) is 0.458. The zero-order valence-corrected chi connectivity index (χ0v) is 12.3. The molecule has 0 saturated heterocycles. The predicted molar refractivity (Wildman–Crippen MR) is 74.5 cm³/mol. The van der Waals surface area contributed by atoms with Crippen molar-refractivity contribution in [2.45, 2.75) is 39.0 Å². The van der Waals surface area contributed by atoms with Crippen LogP contribution in [0.3, 0.4) is 0 Å². The summed E-state index contributed by atoms with van der Waals surface area (Å²) in [5.41, 5.74) is 1.93. The number of halogens is 1. The Hall–Kier alpha value is -0.800. The highest BCUT2D eigenvalue weighted by Crippen LogP contribution is 2.41.